The molecule has 3 unspecified atom stereocenters. The maximum atomic E-state index is 12.3. The number of rotatable bonds is 4. The first-order valence-corrected chi connectivity index (χ1v) is 7.00. The van der Waals surface area contributed by atoms with E-state index < -0.39 is 0 Å². The van der Waals surface area contributed by atoms with Gasteiger partial charge in [0, 0.05) is 19.0 Å². The molecule has 0 aliphatic carbocycles. The number of hydrogen-bond acceptors (Lipinski definition) is 4. The number of carbonyl (C=O) groups is 1. The first-order chi connectivity index (χ1) is 8.73. The highest BCUT2D eigenvalue weighted by Crippen LogP contribution is 2.22. The molecule has 5 heteroatoms. The monoisotopic (exact) mass is 272 g/mol. The minimum atomic E-state index is -0.265. The Balaban J connectivity index is 2.51. The average molecular weight is 272 g/mol. The smallest absolute Gasteiger partial charge is 0.224 e. The summed E-state index contributed by atoms with van der Waals surface area (Å²) < 4.78 is 5.43. The molecule has 0 saturated carbocycles. The van der Waals surface area contributed by atoms with E-state index in [1.165, 1.54) is 0 Å². The predicted molar refractivity (Wildman–Crippen MR) is 74.7 cm³/mol. The van der Waals surface area contributed by atoms with Crippen LogP contribution in [0.2, 0.25) is 0 Å². The number of amides is 1. The zero-order chi connectivity index (χ0) is 14.6. The minimum Gasteiger partial charge on any atom is -0.394 e. The van der Waals surface area contributed by atoms with Crippen LogP contribution in [0.1, 0.15) is 40.5 Å². The molecule has 112 valence electrons. The Kier molecular flexibility index (Phi) is 5.77. The van der Waals surface area contributed by atoms with Crippen LogP contribution in [0.15, 0.2) is 0 Å². The van der Waals surface area contributed by atoms with Gasteiger partial charge in [-0.3, -0.25) is 4.79 Å². The molecule has 1 heterocycles. The van der Waals surface area contributed by atoms with Gasteiger partial charge in [0.1, 0.15) is 0 Å². The van der Waals surface area contributed by atoms with E-state index >= 15 is 0 Å². The number of nitrogens with zero attached hydrogens (tertiary/aromatic N) is 1. The van der Waals surface area contributed by atoms with Crippen LogP contribution in [-0.2, 0) is 9.53 Å². The molecule has 1 aliphatic rings. The number of ether oxygens (including phenoxy) is 1. The Morgan fingerprint density at radius 3 is 2.68 bits per heavy atom. The first kappa shape index (κ1) is 16.4. The molecule has 0 aromatic carbocycles. The maximum Gasteiger partial charge on any atom is 0.224 e. The molecular weight excluding hydrogens is 244 g/mol. The van der Waals surface area contributed by atoms with Gasteiger partial charge in [0.15, 0.2) is 0 Å². The molecule has 1 aliphatic heterocycles. The van der Waals surface area contributed by atoms with Gasteiger partial charge in [0.05, 0.1) is 25.4 Å². The third-order valence-corrected chi connectivity index (χ3v) is 3.34. The van der Waals surface area contributed by atoms with Crippen LogP contribution in [-0.4, -0.2) is 53.9 Å². The fourth-order valence-electron chi connectivity index (χ4n) is 2.48. The van der Waals surface area contributed by atoms with Crippen molar-refractivity contribution in [2.24, 2.45) is 11.1 Å². The zero-order valence-electron chi connectivity index (χ0n) is 12.6. The van der Waals surface area contributed by atoms with Gasteiger partial charge in [-0.25, -0.2) is 0 Å². The van der Waals surface area contributed by atoms with E-state index in [9.17, 15) is 4.79 Å². The van der Waals surface area contributed by atoms with Gasteiger partial charge >= 0.3 is 0 Å². The van der Waals surface area contributed by atoms with Crippen molar-refractivity contribution in [3.05, 3.63) is 0 Å². The quantitative estimate of drug-likeness (QED) is 0.792. The van der Waals surface area contributed by atoms with Crippen LogP contribution in [0.4, 0.5) is 0 Å². The molecule has 5 nitrogen and oxygen atoms in total. The van der Waals surface area contributed by atoms with Crippen LogP contribution in [0.5, 0.6) is 0 Å². The Labute approximate surface area is 116 Å². The average Bonchev–Trinajstić information content (AvgIpc) is 2.26. The lowest BCUT2D eigenvalue weighted by Crippen LogP contribution is -2.53. The van der Waals surface area contributed by atoms with Crippen molar-refractivity contribution >= 4 is 5.91 Å². The Hall–Kier alpha value is -0.650. The summed E-state index contributed by atoms with van der Waals surface area (Å²) in [7, 11) is 0. The molecule has 1 saturated heterocycles. The summed E-state index contributed by atoms with van der Waals surface area (Å²) in [6, 6.07) is -0.0627. The van der Waals surface area contributed by atoms with Gasteiger partial charge in [-0.1, -0.05) is 20.8 Å². The number of hydrogen-bond donors (Lipinski definition) is 2. The standard InChI is InChI=1S/C14H28N2O3/c1-10-9-19-12(8-17)7-16(10)13(18)5-11(15)6-14(2,3)4/h10-12,17H,5-9,15H2,1-4H3. The van der Waals surface area contributed by atoms with Crippen LogP contribution in [0, 0.1) is 5.41 Å². The third kappa shape index (κ3) is 5.47. The van der Waals surface area contributed by atoms with Crippen molar-refractivity contribution in [3.63, 3.8) is 0 Å². The minimum absolute atomic E-state index is 0.0510. The van der Waals surface area contributed by atoms with Gasteiger partial charge in [0.25, 0.3) is 0 Å². The van der Waals surface area contributed by atoms with Crippen molar-refractivity contribution in [2.45, 2.75) is 58.7 Å². The molecule has 0 spiro atoms. The number of aliphatic hydroxyl groups is 1. The molecule has 0 radical (unpaired) electrons. The van der Waals surface area contributed by atoms with E-state index in [4.69, 9.17) is 15.6 Å². The van der Waals surface area contributed by atoms with Crippen LogP contribution in [0.3, 0.4) is 0 Å². The molecule has 19 heavy (non-hydrogen) atoms. The summed E-state index contributed by atoms with van der Waals surface area (Å²) in [6.07, 6.45) is 0.916. The summed E-state index contributed by atoms with van der Waals surface area (Å²) in [5, 5.41) is 9.12. The SMILES string of the molecule is CC1COC(CO)CN1C(=O)CC(N)CC(C)(C)C. The van der Waals surface area contributed by atoms with Gasteiger partial charge in [-0.2, -0.15) is 0 Å². The van der Waals surface area contributed by atoms with E-state index in [0.29, 0.717) is 19.6 Å². The van der Waals surface area contributed by atoms with Crippen molar-refractivity contribution in [2.75, 3.05) is 19.8 Å². The van der Waals surface area contributed by atoms with Crippen molar-refractivity contribution < 1.29 is 14.6 Å². The Morgan fingerprint density at radius 1 is 1.53 bits per heavy atom. The molecule has 0 aromatic rings. The van der Waals surface area contributed by atoms with E-state index in [0.717, 1.165) is 6.42 Å². The zero-order valence-corrected chi connectivity index (χ0v) is 12.6. The van der Waals surface area contributed by atoms with Crippen LogP contribution in [0.25, 0.3) is 0 Å². The molecule has 0 bridgehead atoms. The summed E-state index contributed by atoms with van der Waals surface area (Å²) in [5.74, 6) is 0.0611. The highest BCUT2D eigenvalue weighted by molar-refractivity contribution is 5.77. The first-order valence-electron chi connectivity index (χ1n) is 7.00. The lowest BCUT2D eigenvalue weighted by molar-refractivity contribution is -0.146. The largest absolute Gasteiger partial charge is 0.394 e. The van der Waals surface area contributed by atoms with Gasteiger partial charge in [0.2, 0.25) is 5.91 Å². The summed E-state index contributed by atoms with van der Waals surface area (Å²) >= 11 is 0. The fraction of sp³-hybridized carbons (Fsp3) is 0.929. The number of nitrogens with two attached hydrogens (primary N) is 1. The third-order valence-electron chi connectivity index (χ3n) is 3.34. The summed E-state index contributed by atoms with van der Waals surface area (Å²) in [6.45, 7) is 9.21. The van der Waals surface area contributed by atoms with Crippen LogP contribution < -0.4 is 5.73 Å². The van der Waals surface area contributed by atoms with E-state index in [1.54, 1.807) is 4.90 Å². The molecule has 0 aromatic heterocycles. The summed E-state index contributed by atoms with van der Waals surface area (Å²) in [5.41, 5.74) is 6.18. The van der Waals surface area contributed by atoms with E-state index in [2.05, 4.69) is 20.8 Å². The molecule has 1 amide bonds. The highest BCUT2D eigenvalue weighted by Gasteiger charge is 2.30. The molecule has 3 atom stereocenters. The Bertz CT molecular complexity index is 302. The lowest BCUT2D eigenvalue weighted by Gasteiger charge is -2.38. The number of morpholine rings is 1. The second-order valence-corrected chi connectivity index (χ2v) is 6.76. The van der Waals surface area contributed by atoms with Crippen molar-refractivity contribution in [3.8, 4) is 0 Å². The molecule has 1 rings (SSSR count). The van der Waals surface area contributed by atoms with E-state index in [1.807, 2.05) is 6.92 Å². The number of aliphatic hydroxyl groups excluding tert-OH is 1. The topological polar surface area (TPSA) is 75.8 Å². The molecule has 3 N–H and O–H groups in total. The van der Waals surface area contributed by atoms with Gasteiger partial charge in [-0.15, -0.1) is 0 Å². The van der Waals surface area contributed by atoms with E-state index in [-0.39, 0.29) is 36.1 Å². The predicted octanol–water partition coefficient (Wildman–Crippen LogP) is 0.748. The lowest BCUT2D eigenvalue weighted by atomic mass is 9.87. The van der Waals surface area contributed by atoms with Gasteiger partial charge in [-0.05, 0) is 18.8 Å². The fourth-order valence-corrected chi connectivity index (χ4v) is 2.48. The van der Waals surface area contributed by atoms with Gasteiger partial charge < -0.3 is 20.5 Å². The normalized spacial score (nSPS) is 26.3. The second kappa shape index (κ2) is 6.68. The molecule has 1 fully saturated rings. The van der Waals surface area contributed by atoms with Crippen molar-refractivity contribution in [1.82, 2.24) is 4.90 Å². The molecular formula is C14H28N2O3. The number of carbonyl (C=O) groups excluding carboxylic acids is 1. The van der Waals surface area contributed by atoms with Crippen molar-refractivity contribution in [1.29, 1.82) is 0 Å². The second-order valence-electron chi connectivity index (χ2n) is 6.76. The highest BCUT2D eigenvalue weighted by atomic mass is 16.5. The Morgan fingerprint density at radius 2 is 2.16 bits per heavy atom. The van der Waals surface area contributed by atoms with Crippen LogP contribution >= 0.6 is 0 Å². The summed E-state index contributed by atoms with van der Waals surface area (Å²) in [4.78, 5) is 14.1. The maximum absolute atomic E-state index is 12.3.